The number of carboxylic acid groups (broad SMARTS) is 1. The van der Waals surface area contributed by atoms with Gasteiger partial charge >= 0.3 is 5.97 Å². The number of H-pyrrole nitrogens is 1. The third-order valence-corrected chi connectivity index (χ3v) is 11.6. The number of rotatable bonds is 35. The summed E-state index contributed by atoms with van der Waals surface area (Å²) in [6.45, 7) is 1.29. The van der Waals surface area contributed by atoms with E-state index in [1.165, 1.54) is 24.3 Å². The van der Waals surface area contributed by atoms with Crippen LogP contribution in [0.25, 0.3) is 0 Å². The molecule has 2 heterocycles. The molecule has 1 fully saturated rings. The van der Waals surface area contributed by atoms with Crippen molar-refractivity contribution < 1.29 is 53.4 Å². The number of aromatic nitrogens is 2. The van der Waals surface area contributed by atoms with Gasteiger partial charge < -0.3 is 97.5 Å². The second-order valence-corrected chi connectivity index (χ2v) is 17.4. The Morgan fingerprint density at radius 3 is 1.99 bits per heavy atom. The standard InChI is InChI=1S/C43H78N18O11/c1-24(55-40(69)34(32(62)20-47)60-36(65)26(48)9-2-4-14-44)35(64)53-22-33(63)56-28(11-6-16-46)41(70)61-18-8-13-31(61)39(68)59-30(19-25-21-51-23-54-25)38(67)57-27(10-3-5-15-45)37(66)58-29(42(71)72)12-7-17-52-43(49)50/h21,23-24,26-32,34,62H,2-20,22,44-48H2,1H3,(H,51,54)(H,53,64)(H,55,69)(H,56,63)(H,57,67)(H,58,66)(H,59,68)(H,60,65)(H,71,72)(H4,49,50,52)/t24?,26?,27-,28+,29+,30?,31-,32-,34-/m0/s1. The fourth-order valence-electron chi connectivity index (χ4n) is 7.55. The molecule has 0 bridgehead atoms. The Morgan fingerprint density at radius 2 is 1.38 bits per heavy atom. The van der Waals surface area contributed by atoms with Crippen molar-refractivity contribution in [1.82, 2.24) is 52.1 Å². The third-order valence-electron chi connectivity index (χ3n) is 11.6. The van der Waals surface area contributed by atoms with Crippen molar-refractivity contribution in [3.63, 3.8) is 0 Å². The number of nitrogens with zero attached hydrogens (tertiary/aromatic N) is 3. The number of hydrogen-bond donors (Lipinski definition) is 17. The molecule has 0 saturated carbocycles. The van der Waals surface area contributed by atoms with Crippen molar-refractivity contribution in [3.8, 4) is 0 Å². The van der Waals surface area contributed by atoms with E-state index in [4.69, 9.17) is 40.1 Å². The van der Waals surface area contributed by atoms with E-state index in [1.54, 1.807) is 0 Å². The van der Waals surface area contributed by atoms with E-state index in [0.29, 0.717) is 44.3 Å². The van der Waals surface area contributed by atoms with Crippen LogP contribution in [0.2, 0.25) is 0 Å². The van der Waals surface area contributed by atoms with Gasteiger partial charge in [0.2, 0.25) is 47.3 Å². The second-order valence-electron chi connectivity index (χ2n) is 17.4. The number of hydrogen-bond acceptors (Lipinski definition) is 17. The van der Waals surface area contributed by atoms with Crippen molar-refractivity contribution in [2.45, 2.75) is 145 Å². The number of amides is 8. The maximum absolute atomic E-state index is 14.1. The van der Waals surface area contributed by atoms with Crippen LogP contribution in [0.4, 0.5) is 0 Å². The number of aliphatic imine (C=N–C) groups is 1. The summed E-state index contributed by atoms with van der Waals surface area (Å²) in [5.41, 5.74) is 39.5. The van der Waals surface area contributed by atoms with Gasteiger partial charge in [0, 0.05) is 37.9 Å². The Balaban J connectivity index is 2.18. The van der Waals surface area contributed by atoms with Crippen LogP contribution in [0, 0.1) is 0 Å². The number of likely N-dealkylation sites (tertiary alicyclic amines) is 1. The van der Waals surface area contributed by atoms with Crippen LogP contribution in [-0.2, 0) is 49.6 Å². The molecule has 9 atom stereocenters. The number of aliphatic hydroxyl groups excluding tert-OH is 1. The number of aromatic amines is 1. The normalized spacial score (nSPS) is 16.5. The Bertz CT molecular complexity index is 1940. The lowest BCUT2D eigenvalue weighted by Crippen LogP contribution is -2.60. The maximum atomic E-state index is 14.1. The predicted molar refractivity (Wildman–Crippen MR) is 262 cm³/mol. The molecule has 0 spiro atoms. The van der Waals surface area contributed by atoms with Gasteiger partial charge in [-0.2, -0.15) is 0 Å². The molecule has 0 aliphatic carbocycles. The van der Waals surface area contributed by atoms with E-state index >= 15 is 0 Å². The summed E-state index contributed by atoms with van der Waals surface area (Å²) in [6, 6.07) is -10.1. The van der Waals surface area contributed by atoms with Crippen LogP contribution in [0.15, 0.2) is 17.5 Å². The van der Waals surface area contributed by atoms with Crippen LogP contribution in [0.1, 0.15) is 89.7 Å². The zero-order valence-corrected chi connectivity index (χ0v) is 40.9. The number of carboxylic acids is 1. The highest BCUT2D eigenvalue weighted by Gasteiger charge is 2.40. The smallest absolute Gasteiger partial charge is 0.326 e. The summed E-state index contributed by atoms with van der Waals surface area (Å²) in [7, 11) is 0. The molecule has 1 aromatic rings. The van der Waals surface area contributed by atoms with Crippen molar-refractivity contribution in [2.75, 3.05) is 45.8 Å². The number of guanidine groups is 1. The summed E-state index contributed by atoms with van der Waals surface area (Å²) in [6.07, 6.45) is 4.64. The van der Waals surface area contributed by atoms with Gasteiger partial charge in [0.15, 0.2) is 5.96 Å². The Kier molecular flexibility index (Phi) is 28.4. The van der Waals surface area contributed by atoms with Gasteiger partial charge in [-0.05, 0) is 97.2 Å². The minimum absolute atomic E-state index is 0.0223. The number of carbonyl (C=O) groups excluding carboxylic acids is 8. The highest BCUT2D eigenvalue weighted by Crippen LogP contribution is 2.20. The highest BCUT2D eigenvalue weighted by atomic mass is 16.4. The summed E-state index contributed by atoms with van der Waals surface area (Å²) in [4.78, 5) is 132. The third kappa shape index (κ3) is 21.9. The second kappa shape index (κ2) is 33.2. The Labute approximate surface area is 417 Å². The summed E-state index contributed by atoms with van der Waals surface area (Å²) < 4.78 is 0. The minimum atomic E-state index is -1.56. The van der Waals surface area contributed by atoms with Crippen LogP contribution in [-0.4, -0.2) is 185 Å². The number of unbranched alkanes of at least 4 members (excludes halogenated alkanes) is 2. The molecule has 29 heteroatoms. The first-order valence-electron chi connectivity index (χ1n) is 24.2. The number of aliphatic hydroxyl groups is 1. The zero-order valence-electron chi connectivity index (χ0n) is 40.9. The number of aliphatic carboxylic acids is 1. The topological polar surface area (TPSA) is 505 Å². The van der Waals surface area contributed by atoms with Gasteiger partial charge in [-0.1, -0.05) is 6.42 Å². The first-order valence-corrected chi connectivity index (χ1v) is 24.2. The lowest BCUT2D eigenvalue weighted by Gasteiger charge is -2.30. The van der Waals surface area contributed by atoms with Crippen LogP contribution in [0.5, 0.6) is 0 Å². The number of nitrogens with one attached hydrogen (secondary N) is 8. The number of imidazole rings is 1. The summed E-state index contributed by atoms with van der Waals surface area (Å²) in [5.74, 6) is -7.72. The van der Waals surface area contributed by atoms with Crippen LogP contribution in [0.3, 0.4) is 0 Å². The molecule has 24 N–H and O–H groups in total. The van der Waals surface area contributed by atoms with E-state index < -0.39 is 121 Å². The molecule has 3 unspecified atom stereocenters. The maximum Gasteiger partial charge on any atom is 0.326 e. The quantitative estimate of drug-likeness (QED) is 0.0171. The SMILES string of the molecule is CC(NC(=O)[C@@H](NC(=O)C(N)CCCCN)[C@@H](O)CN)C(=O)NCC(=O)N[C@H](CCCN)C(=O)N1CCC[C@H]1C(=O)NC(Cc1cnc[nH]1)C(=O)N[C@@H](CCCCN)C(=O)N[C@H](CCCN=C(N)N)C(=O)O. The van der Waals surface area contributed by atoms with Gasteiger partial charge in [0.05, 0.1) is 25.0 Å². The molecular weight excluding hydrogens is 945 g/mol. The number of carbonyl (C=O) groups is 9. The van der Waals surface area contributed by atoms with Gasteiger partial charge in [-0.3, -0.25) is 43.3 Å². The molecule has 1 aromatic heterocycles. The van der Waals surface area contributed by atoms with Crippen molar-refractivity contribution in [2.24, 2.45) is 45.1 Å². The molecule has 8 amide bonds. The van der Waals surface area contributed by atoms with Gasteiger partial charge in [0.25, 0.3) is 0 Å². The summed E-state index contributed by atoms with van der Waals surface area (Å²) in [5, 5.41) is 37.8. The molecule has 0 radical (unpaired) electrons. The molecule has 72 heavy (non-hydrogen) atoms. The molecule has 29 nitrogen and oxygen atoms in total. The van der Waals surface area contributed by atoms with Crippen LogP contribution >= 0.6 is 0 Å². The van der Waals surface area contributed by atoms with Crippen LogP contribution < -0.4 is 77.4 Å². The molecule has 1 aliphatic heterocycles. The van der Waals surface area contributed by atoms with E-state index in [9.17, 15) is 53.4 Å². The highest BCUT2D eigenvalue weighted by molar-refractivity contribution is 5.97. The average Bonchev–Trinajstić information content (AvgIpc) is 4.06. The molecule has 1 aliphatic rings. The Morgan fingerprint density at radius 1 is 0.750 bits per heavy atom. The van der Waals surface area contributed by atoms with E-state index in [-0.39, 0.29) is 83.5 Å². The Hall–Kier alpha value is -6.53. The largest absolute Gasteiger partial charge is 0.480 e. The van der Waals surface area contributed by atoms with Crippen molar-refractivity contribution >= 4 is 59.2 Å². The average molecular weight is 1020 g/mol. The van der Waals surface area contributed by atoms with Crippen molar-refractivity contribution in [1.29, 1.82) is 0 Å². The molecular formula is C43H78N18O11. The van der Waals surface area contributed by atoms with Gasteiger partial charge in [-0.15, -0.1) is 0 Å². The molecule has 406 valence electrons. The first-order chi connectivity index (χ1) is 34.3. The lowest BCUT2D eigenvalue weighted by atomic mass is 10.0. The zero-order chi connectivity index (χ0) is 53.8. The lowest BCUT2D eigenvalue weighted by molar-refractivity contribution is -0.143. The molecule has 1 saturated heterocycles. The molecule has 2 rings (SSSR count). The van der Waals surface area contributed by atoms with E-state index in [0.717, 1.165) is 0 Å². The van der Waals surface area contributed by atoms with E-state index in [1.807, 2.05) is 0 Å². The fraction of sp³-hybridized carbons (Fsp3) is 0.698. The minimum Gasteiger partial charge on any atom is -0.480 e. The number of nitrogens with two attached hydrogens (primary N) is 7. The summed E-state index contributed by atoms with van der Waals surface area (Å²) >= 11 is 0. The van der Waals surface area contributed by atoms with Crippen molar-refractivity contribution in [3.05, 3.63) is 18.2 Å². The van der Waals surface area contributed by atoms with E-state index in [2.05, 4.69) is 52.2 Å². The van der Waals surface area contributed by atoms with Gasteiger partial charge in [0.1, 0.15) is 42.3 Å². The first kappa shape index (κ1) is 61.6. The molecule has 0 aromatic carbocycles. The predicted octanol–water partition coefficient (Wildman–Crippen LogP) is -7.23. The fourth-order valence-corrected chi connectivity index (χ4v) is 7.55. The monoisotopic (exact) mass is 1020 g/mol. The van der Waals surface area contributed by atoms with Gasteiger partial charge in [-0.25, -0.2) is 9.78 Å².